The Balaban J connectivity index is 1.75. The molecule has 1 fully saturated rings. The van der Waals surface area contributed by atoms with E-state index in [4.69, 9.17) is 27.6 Å². The van der Waals surface area contributed by atoms with Crippen LogP contribution in [0.5, 0.6) is 0 Å². The number of rotatable bonds is 3. The fourth-order valence-corrected chi connectivity index (χ4v) is 2.79. The molecule has 1 atom stereocenters. The van der Waals surface area contributed by atoms with Gasteiger partial charge in [0.05, 0.1) is 16.3 Å². The van der Waals surface area contributed by atoms with Crippen molar-refractivity contribution in [3.63, 3.8) is 0 Å². The lowest BCUT2D eigenvalue weighted by Crippen LogP contribution is -2.66. The Hall–Kier alpha value is -1.98. The number of nitrogens with zero attached hydrogens (tertiary/aromatic N) is 1. The van der Waals surface area contributed by atoms with Crippen LogP contribution in [0.25, 0.3) is 0 Å². The molecule has 0 spiro atoms. The van der Waals surface area contributed by atoms with Gasteiger partial charge in [0.1, 0.15) is 5.54 Å². The smallest absolute Gasteiger partial charge is 0.290 e. The van der Waals surface area contributed by atoms with Crippen LogP contribution in [0.1, 0.15) is 23.9 Å². The highest BCUT2D eigenvalue weighted by Crippen LogP contribution is 2.34. The summed E-state index contributed by atoms with van der Waals surface area (Å²) in [5, 5.41) is 3.54. The number of anilines is 1. The zero-order chi connectivity index (χ0) is 16.6. The zero-order valence-electron chi connectivity index (χ0n) is 12.3. The third-order valence-electron chi connectivity index (χ3n) is 4.06. The van der Waals surface area contributed by atoms with Gasteiger partial charge in [0.2, 0.25) is 5.91 Å². The molecule has 120 valence electrons. The van der Waals surface area contributed by atoms with Crippen molar-refractivity contribution < 1.29 is 14.0 Å². The van der Waals surface area contributed by atoms with E-state index in [0.717, 1.165) is 0 Å². The first-order chi connectivity index (χ1) is 10.9. The van der Waals surface area contributed by atoms with Gasteiger partial charge < -0.3 is 14.6 Å². The lowest BCUT2D eigenvalue weighted by atomic mass is 9.85. The normalized spacial score (nSPS) is 20.0. The average molecular weight is 353 g/mol. The van der Waals surface area contributed by atoms with Crippen LogP contribution in [0.3, 0.4) is 0 Å². The van der Waals surface area contributed by atoms with Crippen LogP contribution < -0.4 is 5.32 Å². The molecule has 1 N–H and O–H groups in total. The molecule has 23 heavy (non-hydrogen) atoms. The molecule has 1 aromatic heterocycles. The van der Waals surface area contributed by atoms with E-state index in [2.05, 4.69) is 5.32 Å². The predicted molar refractivity (Wildman–Crippen MR) is 87.9 cm³/mol. The van der Waals surface area contributed by atoms with Crippen LogP contribution in [0, 0.1) is 0 Å². The third kappa shape index (κ3) is 2.82. The summed E-state index contributed by atoms with van der Waals surface area (Å²) in [5.74, 6) is -0.353. The van der Waals surface area contributed by atoms with Crippen LogP contribution in [0.4, 0.5) is 5.69 Å². The van der Waals surface area contributed by atoms with E-state index >= 15 is 0 Å². The maximum atomic E-state index is 12.6. The van der Waals surface area contributed by atoms with Gasteiger partial charge in [0.15, 0.2) is 5.76 Å². The zero-order valence-corrected chi connectivity index (χ0v) is 13.8. The molecule has 0 saturated carbocycles. The van der Waals surface area contributed by atoms with Crippen LogP contribution in [-0.2, 0) is 4.79 Å². The molecular formula is C16H14Cl2N2O3. The summed E-state index contributed by atoms with van der Waals surface area (Å²) in [6.07, 6.45) is 2.01. The first kappa shape index (κ1) is 15.9. The molecule has 0 radical (unpaired) electrons. The van der Waals surface area contributed by atoms with Crippen molar-refractivity contribution in [3.8, 4) is 0 Å². The van der Waals surface area contributed by atoms with Gasteiger partial charge in [-0.25, -0.2) is 0 Å². The molecule has 0 aliphatic carbocycles. The highest BCUT2D eigenvalue weighted by atomic mass is 35.5. The second kappa shape index (κ2) is 5.91. The number of carbonyl (C=O) groups is 2. The maximum absolute atomic E-state index is 12.6. The van der Waals surface area contributed by atoms with Gasteiger partial charge in [-0.15, -0.1) is 0 Å². The Kier molecular flexibility index (Phi) is 4.08. The molecule has 1 unspecified atom stereocenters. The fourth-order valence-electron chi connectivity index (χ4n) is 2.49. The molecule has 2 heterocycles. The van der Waals surface area contributed by atoms with Crippen LogP contribution in [-0.4, -0.2) is 28.8 Å². The van der Waals surface area contributed by atoms with E-state index in [0.29, 0.717) is 28.7 Å². The van der Waals surface area contributed by atoms with Crippen molar-refractivity contribution in [1.82, 2.24) is 4.90 Å². The number of nitrogens with one attached hydrogen (secondary N) is 1. The maximum Gasteiger partial charge on any atom is 0.290 e. The van der Waals surface area contributed by atoms with Crippen molar-refractivity contribution in [2.45, 2.75) is 18.9 Å². The highest BCUT2D eigenvalue weighted by molar-refractivity contribution is 6.42. The summed E-state index contributed by atoms with van der Waals surface area (Å²) < 4.78 is 5.12. The number of hydrogen-bond acceptors (Lipinski definition) is 3. The first-order valence-corrected chi connectivity index (χ1v) is 7.79. The van der Waals surface area contributed by atoms with Crippen LogP contribution in [0.15, 0.2) is 41.0 Å². The third-order valence-corrected chi connectivity index (χ3v) is 4.80. The van der Waals surface area contributed by atoms with E-state index in [1.807, 2.05) is 0 Å². The quantitative estimate of drug-likeness (QED) is 0.912. The molecule has 1 aliphatic rings. The molecular weight excluding hydrogens is 339 g/mol. The molecule has 1 aromatic carbocycles. The summed E-state index contributed by atoms with van der Waals surface area (Å²) in [6, 6.07) is 8.06. The molecule has 1 aliphatic heterocycles. The van der Waals surface area contributed by atoms with Crippen molar-refractivity contribution in [2.75, 3.05) is 11.9 Å². The Morgan fingerprint density at radius 3 is 2.61 bits per heavy atom. The summed E-state index contributed by atoms with van der Waals surface area (Å²) in [5.41, 5.74) is -0.390. The van der Waals surface area contributed by atoms with Crippen LogP contribution >= 0.6 is 23.2 Å². The van der Waals surface area contributed by atoms with E-state index in [9.17, 15) is 9.59 Å². The topological polar surface area (TPSA) is 62.6 Å². The lowest BCUT2D eigenvalue weighted by Gasteiger charge is -2.48. The standard InChI is InChI=1S/C16H14Cl2N2O3/c1-16(6-7-20(16)14(21)13-3-2-8-23-13)15(22)19-10-4-5-11(17)12(18)9-10/h2-5,8-9H,6-7H2,1H3,(H,19,22). The first-order valence-electron chi connectivity index (χ1n) is 7.04. The van der Waals surface area contributed by atoms with Crippen molar-refractivity contribution in [3.05, 3.63) is 52.4 Å². The minimum absolute atomic E-state index is 0.221. The van der Waals surface area contributed by atoms with Gasteiger partial charge in [0, 0.05) is 12.2 Å². The second-order valence-corrected chi connectivity index (χ2v) is 6.36. The van der Waals surface area contributed by atoms with Crippen LogP contribution in [0.2, 0.25) is 10.0 Å². The van der Waals surface area contributed by atoms with Gasteiger partial charge in [0.25, 0.3) is 5.91 Å². The molecule has 2 amide bonds. The Bertz CT molecular complexity index is 761. The SMILES string of the molecule is CC1(C(=O)Nc2ccc(Cl)c(Cl)c2)CCN1C(=O)c1ccco1. The summed E-state index contributed by atoms with van der Waals surface area (Å²) in [4.78, 5) is 26.5. The number of furan rings is 1. The molecule has 3 rings (SSSR count). The fraction of sp³-hybridized carbons (Fsp3) is 0.250. The van der Waals surface area contributed by atoms with Gasteiger partial charge in [-0.1, -0.05) is 23.2 Å². The summed E-state index contributed by atoms with van der Waals surface area (Å²) in [6.45, 7) is 2.23. The van der Waals surface area contributed by atoms with Crippen molar-refractivity contribution >= 4 is 40.7 Å². The van der Waals surface area contributed by atoms with E-state index in [1.54, 1.807) is 37.3 Å². The number of amides is 2. The highest BCUT2D eigenvalue weighted by Gasteiger charge is 2.50. The molecule has 5 nitrogen and oxygen atoms in total. The van der Waals surface area contributed by atoms with E-state index in [-0.39, 0.29) is 17.6 Å². The summed E-state index contributed by atoms with van der Waals surface area (Å²) in [7, 11) is 0. The Morgan fingerprint density at radius 2 is 2.04 bits per heavy atom. The minimum atomic E-state index is -0.921. The second-order valence-electron chi connectivity index (χ2n) is 5.54. The van der Waals surface area contributed by atoms with Crippen molar-refractivity contribution in [1.29, 1.82) is 0 Å². The molecule has 2 aromatic rings. The summed E-state index contributed by atoms with van der Waals surface area (Å²) >= 11 is 11.8. The number of benzene rings is 1. The van der Waals surface area contributed by atoms with Gasteiger partial charge in [-0.2, -0.15) is 0 Å². The monoisotopic (exact) mass is 352 g/mol. The Morgan fingerprint density at radius 1 is 1.26 bits per heavy atom. The van der Waals surface area contributed by atoms with Gasteiger partial charge in [-0.3, -0.25) is 9.59 Å². The number of hydrogen-bond donors (Lipinski definition) is 1. The van der Waals surface area contributed by atoms with Gasteiger partial charge in [-0.05, 0) is 43.7 Å². The largest absolute Gasteiger partial charge is 0.459 e. The molecule has 7 heteroatoms. The average Bonchev–Trinajstić information content (AvgIpc) is 3.03. The van der Waals surface area contributed by atoms with Gasteiger partial charge >= 0.3 is 0 Å². The number of likely N-dealkylation sites (tertiary alicyclic amines) is 1. The minimum Gasteiger partial charge on any atom is -0.459 e. The van der Waals surface area contributed by atoms with E-state index < -0.39 is 5.54 Å². The number of carbonyl (C=O) groups excluding carboxylic acids is 2. The van der Waals surface area contributed by atoms with E-state index in [1.165, 1.54) is 11.2 Å². The molecule has 0 bridgehead atoms. The predicted octanol–water partition coefficient (Wildman–Crippen LogP) is 3.83. The molecule has 1 saturated heterocycles. The Labute approximate surface area is 143 Å². The number of halogens is 2. The van der Waals surface area contributed by atoms with Crippen molar-refractivity contribution in [2.24, 2.45) is 0 Å². The lowest BCUT2D eigenvalue weighted by molar-refractivity contribution is -0.132.